The van der Waals surface area contributed by atoms with Gasteiger partial charge >= 0.3 is 0 Å². The average molecular weight is 441 g/mol. The van der Waals surface area contributed by atoms with Gasteiger partial charge in [0.15, 0.2) is 0 Å². The van der Waals surface area contributed by atoms with E-state index < -0.39 is 0 Å². The number of likely N-dealkylation sites (N-methyl/N-ethyl adjacent to an activating group) is 1. The maximum absolute atomic E-state index is 12.5. The molecule has 0 radical (unpaired) electrons. The van der Waals surface area contributed by atoms with Crippen LogP contribution in [-0.2, 0) is 17.9 Å². The number of amides is 1. The number of aromatic nitrogens is 4. The van der Waals surface area contributed by atoms with Crippen molar-refractivity contribution in [1.82, 2.24) is 25.1 Å². The molecule has 130 valence electrons. The van der Waals surface area contributed by atoms with E-state index in [1.807, 2.05) is 31.2 Å². The predicted octanol–water partition coefficient (Wildman–Crippen LogP) is 3.87. The summed E-state index contributed by atoms with van der Waals surface area (Å²) < 4.78 is 1.05. The van der Waals surface area contributed by atoms with Gasteiger partial charge in [-0.25, -0.2) is 0 Å². The van der Waals surface area contributed by atoms with Crippen LogP contribution >= 0.6 is 38.9 Å². The van der Waals surface area contributed by atoms with Gasteiger partial charge in [0.1, 0.15) is 6.54 Å². The van der Waals surface area contributed by atoms with Crippen molar-refractivity contribution in [2.75, 3.05) is 6.54 Å². The number of rotatable bonds is 6. The number of carbonyl (C=O) groups excluding carboxylic acids is 1. The zero-order valence-corrected chi connectivity index (χ0v) is 16.6. The summed E-state index contributed by atoms with van der Waals surface area (Å²) in [5.41, 5.74) is 0.766. The maximum atomic E-state index is 12.5. The third-order valence-corrected chi connectivity index (χ3v) is 5.37. The number of benzene rings is 1. The van der Waals surface area contributed by atoms with E-state index in [9.17, 15) is 4.79 Å². The molecular formula is C16H15BrClN5OS. The number of tetrazole rings is 1. The summed E-state index contributed by atoms with van der Waals surface area (Å²) in [5, 5.41) is 12.8. The molecule has 3 rings (SSSR count). The van der Waals surface area contributed by atoms with Crippen LogP contribution in [0.5, 0.6) is 0 Å². The summed E-state index contributed by atoms with van der Waals surface area (Å²) in [6.45, 7) is 3.19. The molecule has 25 heavy (non-hydrogen) atoms. The topological polar surface area (TPSA) is 63.9 Å². The maximum Gasteiger partial charge on any atom is 0.246 e. The molecule has 2 heterocycles. The smallest absolute Gasteiger partial charge is 0.246 e. The Balaban J connectivity index is 1.67. The zero-order chi connectivity index (χ0) is 17.8. The predicted molar refractivity (Wildman–Crippen MR) is 101 cm³/mol. The van der Waals surface area contributed by atoms with Crippen molar-refractivity contribution >= 4 is 44.8 Å². The summed E-state index contributed by atoms with van der Waals surface area (Å²) in [6.07, 6.45) is 0. The van der Waals surface area contributed by atoms with Crippen LogP contribution in [0.15, 0.2) is 40.2 Å². The van der Waals surface area contributed by atoms with Crippen molar-refractivity contribution in [3.8, 4) is 11.4 Å². The van der Waals surface area contributed by atoms with Crippen LogP contribution < -0.4 is 0 Å². The second kappa shape index (κ2) is 8.07. The Morgan fingerprint density at radius 1 is 1.36 bits per heavy atom. The first kappa shape index (κ1) is 18.0. The molecule has 0 bridgehead atoms. The second-order valence-corrected chi connectivity index (χ2v) is 8.25. The van der Waals surface area contributed by atoms with Gasteiger partial charge in [-0.3, -0.25) is 4.79 Å². The molecule has 0 aliphatic rings. The van der Waals surface area contributed by atoms with Crippen molar-refractivity contribution in [2.45, 2.75) is 20.0 Å². The van der Waals surface area contributed by atoms with E-state index in [4.69, 9.17) is 11.6 Å². The van der Waals surface area contributed by atoms with E-state index in [1.165, 1.54) is 4.80 Å². The van der Waals surface area contributed by atoms with Crippen LogP contribution in [0.25, 0.3) is 11.4 Å². The highest BCUT2D eigenvalue weighted by atomic mass is 79.9. The first-order chi connectivity index (χ1) is 12.0. The third kappa shape index (κ3) is 4.65. The van der Waals surface area contributed by atoms with Crippen molar-refractivity contribution < 1.29 is 4.79 Å². The molecule has 9 heteroatoms. The van der Waals surface area contributed by atoms with Crippen molar-refractivity contribution in [3.63, 3.8) is 0 Å². The van der Waals surface area contributed by atoms with Gasteiger partial charge in [0.05, 0.1) is 10.3 Å². The number of halogens is 2. The van der Waals surface area contributed by atoms with Gasteiger partial charge in [-0.1, -0.05) is 23.7 Å². The quantitative estimate of drug-likeness (QED) is 0.584. The van der Waals surface area contributed by atoms with E-state index in [1.54, 1.807) is 28.4 Å². The minimum absolute atomic E-state index is 0.0496. The van der Waals surface area contributed by atoms with Gasteiger partial charge in [-0.15, -0.1) is 21.5 Å². The minimum atomic E-state index is -0.0536. The van der Waals surface area contributed by atoms with Crippen LogP contribution in [0.2, 0.25) is 5.02 Å². The molecule has 0 atom stereocenters. The number of thiophene rings is 1. The SMILES string of the molecule is CCN(Cc1ccc(Br)s1)C(=O)Cn1nnc(-c2cccc(Cl)c2)n1. The standard InChI is InChI=1S/C16H15BrClN5OS/c1-2-22(9-13-6-7-14(17)25-13)15(24)10-23-20-16(19-21-23)11-4-3-5-12(18)8-11/h3-8H,2,9-10H2,1H3. The first-order valence-electron chi connectivity index (χ1n) is 7.61. The molecular weight excluding hydrogens is 426 g/mol. The van der Waals surface area contributed by atoms with Gasteiger partial charge in [-0.2, -0.15) is 4.80 Å². The van der Waals surface area contributed by atoms with Crippen LogP contribution in [0.1, 0.15) is 11.8 Å². The average Bonchev–Trinajstić information content (AvgIpc) is 3.21. The summed E-state index contributed by atoms with van der Waals surface area (Å²) in [6, 6.07) is 11.2. The normalized spacial score (nSPS) is 10.8. The molecule has 0 spiro atoms. The van der Waals surface area contributed by atoms with Gasteiger partial charge in [-0.05, 0) is 52.3 Å². The van der Waals surface area contributed by atoms with Gasteiger partial charge in [0.2, 0.25) is 11.7 Å². The largest absolute Gasteiger partial charge is 0.336 e. The Kier molecular flexibility index (Phi) is 5.82. The fourth-order valence-electron chi connectivity index (χ4n) is 2.28. The highest BCUT2D eigenvalue weighted by Crippen LogP contribution is 2.23. The lowest BCUT2D eigenvalue weighted by Gasteiger charge is -2.19. The highest BCUT2D eigenvalue weighted by Gasteiger charge is 2.16. The van der Waals surface area contributed by atoms with E-state index in [0.29, 0.717) is 23.9 Å². The number of hydrogen-bond acceptors (Lipinski definition) is 5. The molecule has 3 aromatic rings. The van der Waals surface area contributed by atoms with E-state index in [0.717, 1.165) is 14.2 Å². The van der Waals surface area contributed by atoms with Crippen molar-refractivity contribution in [3.05, 3.63) is 50.1 Å². The summed E-state index contributed by atoms with van der Waals surface area (Å²) >= 11 is 11.0. The Bertz CT molecular complexity index is 881. The van der Waals surface area contributed by atoms with Crippen LogP contribution in [-0.4, -0.2) is 37.6 Å². The van der Waals surface area contributed by atoms with Gasteiger partial charge in [0.25, 0.3) is 0 Å². The molecule has 1 amide bonds. The van der Waals surface area contributed by atoms with Gasteiger partial charge < -0.3 is 4.90 Å². The van der Waals surface area contributed by atoms with E-state index in [2.05, 4.69) is 31.3 Å². The summed E-state index contributed by atoms with van der Waals surface area (Å²) in [7, 11) is 0. The molecule has 0 aliphatic carbocycles. The minimum Gasteiger partial charge on any atom is -0.336 e. The Hall–Kier alpha value is -1.77. The first-order valence-corrected chi connectivity index (χ1v) is 9.59. The lowest BCUT2D eigenvalue weighted by atomic mass is 10.2. The van der Waals surface area contributed by atoms with Crippen molar-refractivity contribution in [2.24, 2.45) is 0 Å². The lowest BCUT2D eigenvalue weighted by molar-refractivity contribution is -0.132. The number of carbonyl (C=O) groups is 1. The molecule has 6 nitrogen and oxygen atoms in total. The molecule has 2 aromatic heterocycles. The molecule has 1 aromatic carbocycles. The summed E-state index contributed by atoms with van der Waals surface area (Å²) in [4.78, 5) is 16.7. The fourth-order valence-corrected chi connectivity index (χ4v) is 3.96. The van der Waals surface area contributed by atoms with E-state index in [-0.39, 0.29) is 12.5 Å². The van der Waals surface area contributed by atoms with E-state index >= 15 is 0 Å². The Labute approximate surface area is 162 Å². The third-order valence-electron chi connectivity index (χ3n) is 3.52. The van der Waals surface area contributed by atoms with Crippen molar-refractivity contribution in [1.29, 1.82) is 0 Å². The van der Waals surface area contributed by atoms with Gasteiger partial charge in [0, 0.05) is 22.0 Å². The number of hydrogen-bond donors (Lipinski definition) is 0. The molecule has 0 aliphatic heterocycles. The molecule has 0 saturated carbocycles. The molecule has 0 saturated heterocycles. The lowest BCUT2D eigenvalue weighted by Crippen LogP contribution is -2.33. The Morgan fingerprint density at radius 2 is 2.20 bits per heavy atom. The summed E-state index contributed by atoms with van der Waals surface area (Å²) in [5.74, 6) is 0.391. The Morgan fingerprint density at radius 3 is 2.88 bits per heavy atom. The highest BCUT2D eigenvalue weighted by molar-refractivity contribution is 9.11. The molecule has 0 N–H and O–H groups in total. The molecule has 0 unspecified atom stereocenters. The zero-order valence-electron chi connectivity index (χ0n) is 13.4. The number of nitrogens with zero attached hydrogens (tertiary/aromatic N) is 5. The molecule has 0 fully saturated rings. The van der Waals surface area contributed by atoms with Crippen LogP contribution in [0, 0.1) is 0 Å². The fraction of sp³-hybridized carbons (Fsp3) is 0.250. The second-order valence-electron chi connectivity index (χ2n) is 5.27. The van der Waals surface area contributed by atoms with Crippen LogP contribution in [0.4, 0.5) is 0 Å². The monoisotopic (exact) mass is 439 g/mol. The van der Waals surface area contributed by atoms with Crippen LogP contribution in [0.3, 0.4) is 0 Å².